The quantitative estimate of drug-likeness (QED) is 0.349. The number of nitrogen functional groups attached to an aromatic ring is 1. The van der Waals surface area contributed by atoms with E-state index in [1.54, 1.807) is 0 Å². The van der Waals surface area contributed by atoms with Crippen LogP contribution < -0.4 is 26.6 Å². The molecule has 38 heavy (non-hydrogen) atoms. The number of nitrogens with two attached hydrogens (primary N) is 1. The second-order valence-electron chi connectivity index (χ2n) is 9.95. The van der Waals surface area contributed by atoms with E-state index in [0.717, 1.165) is 85.7 Å². The number of carbonyl (C=O) groups is 2. The van der Waals surface area contributed by atoms with Crippen LogP contribution >= 0.6 is 11.3 Å². The summed E-state index contributed by atoms with van der Waals surface area (Å²) >= 11 is 1.36. The fourth-order valence-electron chi connectivity index (χ4n) is 5.13. The number of pyridine rings is 1. The Balaban J connectivity index is 1.13. The third-order valence-electron chi connectivity index (χ3n) is 7.27. The van der Waals surface area contributed by atoms with Crippen molar-refractivity contribution < 1.29 is 9.59 Å². The fraction of sp³-hybridized carbons (Fsp3) is 0.464. The highest BCUT2D eigenvalue weighted by Crippen LogP contribution is 2.32. The monoisotopic (exact) mass is 535 g/mol. The number of fused-ring (bicyclic) bond motifs is 1. The molecule has 10 heteroatoms. The highest BCUT2D eigenvalue weighted by Gasteiger charge is 2.29. The Morgan fingerprint density at radius 2 is 1.87 bits per heavy atom. The Morgan fingerprint density at radius 3 is 2.63 bits per heavy atom. The molecule has 2 amide bonds. The fourth-order valence-corrected chi connectivity index (χ4v) is 6.16. The summed E-state index contributed by atoms with van der Waals surface area (Å²) in [5.41, 5.74) is 10.1. The Labute approximate surface area is 227 Å². The van der Waals surface area contributed by atoms with Crippen LogP contribution in [-0.2, 0) is 17.6 Å². The molecule has 0 radical (unpaired) electrons. The summed E-state index contributed by atoms with van der Waals surface area (Å²) in [5.74, 6) is 0.0418. The van der Waals surface area contributed by atoms with Crippen molar-refractivity contribution in [2.75, 3.05) is 63.0 Å². The lowest BCUT2D eigenvalue weighted by molar-refractivity contribution is -0.134. The minimum absolute atomic E-state index is 0.153. The molecule has 0 aliphatic carbocycles. The topological polar surface area (TPSA) is 116 Å². The first kappa shape index (κ1) is 26.4. The number of hydrogen-bond acceptors (Lipinski definition) is 8. The largest absolute Gasteiger partial charge is 0.397 e. The molecule has 1 atom stereocenters. The Morgan fingerprint density at radius 1 is 1.08 bits per heavy atom. The van der Waals surface area contributed by atoms with Crippen molar-refractivity contribution in [3.05, 3.63) is 52.5 Å². The molecule has 0 saturated carbocycles. The Kier molecular flexibility index (Phi) is 8.41. The van der Waals surface area contributed by atoms with E-state index in [2.05, 4.69) is 57.0 Å². The molecule has 2 aliphatic heterocycles. The van der Waals surface area contributed by atoms with Gasteiger partial charge in [0.05, 0.1) is 5.69 Å². The molecule has 2 saturated heterocycles. The first-order valence-corrected chi connectivity index (χ1v) is 14.4. The second-order valence-corrected chi connectivity index (χ2v) is 10.9. The molecular formula is C28H37N7O2S. The second kappa shape index (κ2) is 12.1. The smallest absolute Gasteiger partial charge is 0.263 e. The summed E-state index contributed by atoms with van der Waals surface area (Å²) in [4.78, 5) is 36.0. The van der Waals surface area contributed by atoms with E-state index in [0.29, 0.717) is 23.7 Å². The zero-order valence-corrected chi connectivity index (χ0v) is 22.8. The number of rotatable bonds is 8. The lowest BCUT2D eigenvalue weighted by Gasteiger charge is -2.38. The number of thiophene rings is 1. The van der Waals surface area contributed by atoms with Gasteiger partial charge in [0.1, 0.15) is 15.7 Å². The summed E-state index contributed by atoms with van der Waals surface area (Å²) in [6.45, 7) is 8.23. The molecule has 0 spiro atoms. The van der Waals surface area contributed by atoms with E-state index >= 15 is 0 Å². The van der Waals surface area contributed by atoms with E-state index in [-0.39, 0.29) is 17.9 Å². The number of piperazine rings is 2. The van der Waals surface area contributed by atoms with Gasteiger partial charge in [0.2, 0.25) is 5.91 Å². The summed E-state index contributed by atoms with van der Waals surface area (Å²) in [6.07, 6.45) is 2.67. The van der Waals surface area contributed by atoms with Gasteiger partial charge in [0, 0.05) is 69.1 Å². The Hall–Kier alpha value is -3.21. The predicted octanol–water partition coefficient (Wildman–Crippen LogP) is 2.01. The van der Waals surface area contributed by atoms with Crippen LogP contribution in [0.5, 0.6) is 0 Å². The molecule has 202 valence electrons. The zero-order chi connectivity index (χ0) is 26.5. The predicted molar refractivity (Wildman–Crippen MR) is 154 cm³/mol. The van der Waals surface area contributed by atoms with E-state index in [9.17, 15) is 9.59 Å². The molecule has 2 aliphatic rings. The molecule has 2 aromatic heterocycles. The molecule has 1 unspecified atom stereocenters. The standard InChI is InChI=1S/C28H37N7O2S/c1-2-3-20-6-9-22-24(29)25(38-27(22)33-20)26(36)32-11-10-19-4-7-21(8-5-19)35-17-14-31-23(18-35)28(37)34-15-12-30-13-16-34/h4-9,23,30-31H,2-3,10-18,29H2,1H3,(H,32,36). The summed E-state index contributed by atoms with van der Waals surface area (Å²) in [5, 5.41) is 10.6. The van der Waals surface area contributed by atoms with Crippen LogP contribution in [0.25, 0.3) is 10.2 Å². The van der Waals surface area contributed by atoms with Crippen molar-refractivity contribution in [3.63, 3.8) is 0 Å². The zero-order valence-electron chi connectivity index (χ0n) is 22.0. The molecule has 9 nitrogen and oxygen atoms in total. The van der Waals surface area contributed by atoms with Gasteiger partial charge in [-0.1, -0.05) is 25.5 Å². The van der Waals surface area contributed by atoms with Crippen molar-refractivity contribution in [3.8, 4) is 0 Å². The van der Waals surface area contributed by atoms with Crippen LogP contribution in [0.1, 0.15) is 34.3 Å². The molecule has 5 N–H and O–H groups in total. The first-order chi connectivity index (χ1) is 18.5. The number of carbonyl (C=O) groups excluding carboxylic acids is 2. The minimum atomic E-state index is -0.175. The maximum absolute atomic E-state index is 12.9. The highest BCUT2D eigenvalue weighted by atomic mass is 32.1. The number of benzene rings is 1. The van der Waals surface area contributed by atoms with Gasteiger partial charge >= 0.3 is 0 Å². The average molecular weight is 536 g/mol. The first-order valence-electron chi connectivity index (χ1n) is 13.6. The third kappa shape index (κ3) is 5.92. The van der Waals surface area contributed by atoms with Gasteiger partial charge in [-0.3, -0.25) is 9.59 Å². The number of hydrogen-bond donors (Lipinski definition) is 4. The maximum atomic E-state index is 12.9. The summed E-state index contributed by atoms with van der Waals surface area (Å²) in [7, 11) is 0. The lowest BCUT2D eigenvalue weighted by Crippen LogP contribution is -2.60. The molecule has 0 bridgehead atoms. The van der Waals surface area contributed by atoms with E-state index in [1.165, 1.54) is 11.3 Å². The number of anilines is 2. The van der Waals surface area contributed by atoms with E-state index in [1.807, 2.05) is 17.0 Å². The van der Waals surface area contributed by atoms with Crippen molar-refractivity contribution in [1.82, 2.24) is 25.8 Å². The van der Waals surface area contributed by atoms with Crippen molar-refractivity contribution in [1.29, 1.82) is 0 Å². The molecule has 1 aromatic carbocycles. The SMILES string of the molecule is CCCc1ccc2c(N)c(C(=O)NCCc3ccc(N4CCNC(C(=O)N5CCNCC5)C4)cc3)sc2n1. The molecule has 4 heterocycles. The van der Waals surface area contributed by atoms with Gasteiger partial charge in [0.25, 0.3) is 5.91 Å². The van der Waals surface area contributed by atoms with Crippen LogP contribution in [-0.4, -0.2) is 80.1 Å². The van der Waals surface area contributed by atoms with Crippen molar-refractivity contribution in [2.45, 2.75) is 32.2 Å². The number of nitrogens with zero attached hydrogens (tertiary/aromatic N) is 3. The van der Waals surface area contributed by atoms with E-state index < -0.39 is 0 Å². The average Bonchev–Trinajstić information content (AvgIpc) is 3.29. The Bertz CT molecular complexity index is 1270. The van der Waals surface area contributed by atoms with Gasteiger partial charge in [-0.2, -0.15) is 0 Å². The summed E-state index contributed by atoms with van der Waals surface area (Å²) < 4.78 is 0. The van der Waals surface area contributed by atoms with Crippen LogP contribution in [0.15, 0.2) is 36.4 Å². The third-order valence-corrected chi connectivity index (χ3v) is 8.38. The normalized spacial score (nSPS) is 18.1. The molecular weight excluding hydrogens is 498 g/mol. The van der Waals surface area contributed by atoms with Gasteiger partial charge < -0.3 is 31.5 Å². The number of aromatic nitrogens is 1. The van der Waals surface area contributed by atoms with Gasteiger partial charge in [-0.15, -0.1) is 11.3 Å². The van der Waals surface area contributed by atoms with Gasteiger partial charge in [-0.25, -0.2) is 4.98 Å². The maximum Gasteiger partial charge on any atom is 0.263 e. The van der Waals surface area contributed by atoms with E-state index in [4.69, 9.17) is 5.73 Å². The van der Waals surface area contributed by atoms with Gasteiger partial charge in [-0.05, 0) is 42.7 Å². The lowest BCUT2D eigenvalue weighted by atomic mass is 10.1. The molecule has 5 rings (SSSR count). The minimum Gasteiger partial charge on any atom is -0.397 e. The number of aryl methyl sites for hydroxylation is 1. The number of amides is 2. The number of nitrogens with one attached hydrogen (secondary N) is 3. The molecule has 3 aromatic rings. The van der Waals surface area contributed by atoms with Crippen LogP contribution in [0.2, 0.25) is 0 Å². The molecule has 2 fully saturated rings. The summed E-state index contributed by atoms with van der Waals surface area (Å²) in [6, 6.07) is 12.2. The van der Waals surface area contributed by atoms with Crippen molar-refractivity contribution in [2.24, 2.45) is 0 Å². The van der Waals surface area contributed by atoms with Gasteiger partial charge in [0.15, 0.2) is 0 Å². The van der Waals surface area contributed by atoms with Crippen LogP contribution in [0.4, 0.5) is 11.4 Å². The van der Waals surface area contributed by atoms with Crippen molar-refractivity contribution >= 4 is 44.7 Å². The van der Waals surface area contributed by atoms with Crippen LogP contribution in [0.3, 0.4) is 0 Å². The van der Waals surface area contributed by atoms with Crippen LogP contribution in [0, 0.1) is 0 Å². The highest BCUT2D eigenvalue weighted by molar-refractivity contribution is 7.21.